The monoisotopic (exact) mass is 397 g/mol. The predicted octanol–water partition coefficient (Wildman–Crippen LogP) is 1.53. The zero-order chi connectivity index (χ0) is 19.5. The standard InChI is InChI=1S/C20H16FN3O3S/c21-14-3-5-15(6-4-14)23-18(25)12-27-16-7-1-13(2-8-16)11-17-19(26)24-10-9-22-20(24)28-17/h1-8,11H,9-10,12H2,(H,23,25). The molecule has 0 spiro atoms. The van der Waals surface area contributed by atoms with Crippen molar-refractivity contribution in [2.75, 3.05) is 18.5 Å². The number of ether oxygens (including phenoxy) is 1. The zero-order valence-electron chi connectivity index (χ0n) is 14.7. The Balaban J connectivity index is 1.38. The van der Waals surface area contributed by atoms with Crippen LogP contribution in [0, 0.1) is 5.82 Å². The van der Waals surface area contributed by atoms with Gasteiger partial charge in [-0.2, -0.15) is 0 Å². The molecule has 0 unspecified atom stereocenters. The fourth-order valence-electron chi connectivity index (χ4n) is 2.76. The van der Waals surface area contributed by atoms with Crippen molar-refractivity contribution < 1.29 is 13.9 Å². The van der Waals surface area contributed by atoms with Gasteiger partial charge in [-0.15, -0.1) is 0 Å². The SMILES string of the molecule is O=C(COc1ccc(C=c2sc3n(c2=O)CCN=3)cc1)Nc1ccc(F)cc1. The lowest BCUT2D eigenvalue weighted by Crippen LogP contribution is -2.29. The molecule has 0 radical (unpaired) electrons. The third kappa shape index (κ3) is 4.01. The molecule has 4 rings (SSSR count). The summed E-state index contributed by atoms with van der Waals surface area (Å²) in [6.07, 6.45) is 1.82. The largest absolute Gasteiger partial charge is 0.484 e. The number of benzene rings is 2. The van der Waals surface area contributed by atoms with Gasteiger partial charge < -0.3 is 10.1 Å². The van der Waals surface area contributed by atoms with E-state index in [0.717, 1.165) is 10.4 Å². The highest BCUT2D eigenvalue weighted by Crippen LogP contribution is 2.13. The number of carbonyl (C=O) groups excluding carboxylic acids is 1. The van der Waals surface area contributed by atoms with Crippen molar-refractivity contribution >= 4 is 29.0 Å². The Morgan fingerprint density at radius 3 is 2.68 bits per heavy atom. The Bertz CT molecular complexity index is 1180. The minimum Gasteiger partial charge on any atom is -0.484 e. The molecule has 0 saturated heterocycles. The van der Waals surface area contributed by atoms with Gasteiger partial charge in [0, 0.05) is 12.2 Å². The quantitative estimate of drug-likeness (QED) is 0.710. The number of hydrogen-bond acceptors (Lipinski definition) is 5. The Labute approximate surface area is 163 Å². The maximum absolute atomic E-state index is 12.9. The molecule has 0 aliphatic carbocycles. The second-order valence-corrected chi connectivity index (χ2v) is 7.15. The Morgan fingerprint density at radius 2 is 1.96 bits per heavy atom. The predicted molar refractivity (Wildman–Crippen MR) is 105 cm³/mol. The van der Waals surface area contributed by atoms with E-state index in [9.17, 15) is 14.0 Å². The van der Waals surface area contributed by atoms with Gasteiger partial charge in [0.25, 0.3) is 11.5 Å². The third-order valence-corrected chi connectivity index (χ3v) is 5.18. The number of hydrogen-bond donors (Lipinski definition) is 1. The molecule has 28 heavy (non-hydrogen) atoms. The molecule has 1 N–H and O–H groups in total. The molecule has 2 aromatic carbocycles. The Kier molecular flexibility index (Phi) is 5.03. The highest BCUT2D eigenvalue weighted by Gasteiger charge is 2.09. The molecule has 1 amide bonds. The van der Waals surface area contributed by atoms with Gasteiger partial charge in [0.2, 0.25) is 0 Å². The first-order valence-electron chi connectivity index (χ1n) is 8.63. The van der Waals surface area contributed by atoms with Crippen molar-refractivity contribution in [3.63, 3.8) is 0 Å². The minimum absolute atomic E-state index is 0.0148. The lowest BCUT2D eigenvalue weighted by Gasteiger charge is -2.07. The van der Waals surface area contributed by atoms with Crippen LogP contribution in [0.1, 0.15) is 5.56 Å². The number of nitrogens with one attached hydrogen (secondary N) is 1. The first kappa shape index (κ1) is 18.1. The van der Waals surface area contributed by atoms with E-state index in [0.29, 0.717) is 29.1 Å². The summed E-state index contributed by atoms with van der Waals surface area (Å²) in [4.78, 5) is 29.2. The molecule has 0 fully saturated rings. The molecular weight excluding hydrogens is 381 g/mol. The number of anilines is 1. The Hall–Kier alpha value is -3.26. The van der Waals surface area contributed by atoms with Crippen LogP contribution in [-0.2, 0) is 11.3 Å². The average molecular weight is 397 g/mol. The fraction of sp³-hybridized carbons (Fsp3) is 0.150. The van der Waals surface area contributed by atoms with Gasteiger partial charge in [-0.3, -0.25) is 19.1 Å². The Morgan fingerprint density at radius 1 is 1.21 bits per heavy atom. The maximum Gasteiger partial charge on any atom is 0.270 e. The van der Waals surface area contributed by atoms with Crippen molar-refractivity contribution in [3.05, 3.63) is 79.6 Å². The molecule has 8 heteroatoms. The van der Waals surface area contributed by atoms with Crippen LogP contribution in [0.4, 0.5) is 10.1 Å². The first-order chi connectivity index (χ1) is 13.6. The molecule has 2 heterocycles. The highest BCUT2D eigenvalue weighted by atomic mass is 32.1. The van der Waals surface area contributed by atoms with Crippen LogP contribution in [-0.4, -0.2) is 23.6 Å². The number of nitrogens with zero attached hydrogens (tertiary/aromatic N) is 2. The molecule has 142 valence electrons. The molecule has 1 aromatic heterocycles. The van der Waals surface area contributed by atoms with E-state index in [1.807, 2.05) is 18.2 Å². The summed E-state index contributed by atoms with van der Waals surface area (Å²) in [7, 11) is 0. The number of rotatable bonds is 5. The van der Waals surface area contributed by atoms with Crippen molar-refractivity contribution in [3.8, 4) is 5.75 Å². The van der Waals surface area contributed by atoms with Crippen molar-refractivity contribution in [1.29, 1.82) is 0 Å². The molecule has 6 nitrogen and oxygen atoms in total. The number of carbonyl (C=O) groups is 1. The molecule has 3 aromatic rings. The summed E-state index contributed by atoms with van der Waals surface area (Å²) >= 11 is 1.38. The van der Waals surface area contributed by atoms with Crippen molar-refractivity contribution in [2.24, 2.45) is 4.99 Å². The molecule has 0 saturated carbocycles. The summed E-state index contributed by atoms with van der Waals surface area (Å²) in [5, 5.41) is 2.63. The number of fused-ring (bicyclic) bond motifs is 1. The van der Waals surface area contributed by atoms with Gasteiger partial charge in [-0.25, -0.2) is 4.39 Å². The fourth-order valence-corrected chi connectivity index (χ4v) is 3.79. The summed E-state index contributed by atoms with van der Waals surface area (Å²) in [5.41, 5.74) is 1.35. The van der Waals surface area contributed by atoms with Crippen LogP contribution in [0.3, 0.4) is 0 Å². The molecule has 0 atom stereocenters. The maximum atomic E-state index is 12.9. The molecular formula is C20H16FN3O3S. The third-order valence-electron chi connectivity index (χ3n) is 4.13. The van der Waals surface area contributed by atoms with E-state index in [4.69, 9.17) is 4.74 Å². The van der Waals surface area contributed by atoms with Crippen LogP contribution < -0.4 is 24.9 Å². The van der Waals surface area contributed by atoms with Crippen LogP contribution in [0.2, 0.25) is 0 Å². The first-order valence-corrected chi connectivity index (χ1v) is 9.44. The molecule has 1 aliphatic rings. The van der Waals surface area contributed by atoms with Gasteiger partial charge in [-0.05, 0) is 48.0 Å². The van der Waals surface area contributed by atoms with Crippen molar-refractivity contribution in [2.45, 2.75) is 6.54 Å². The summed E-state index contributed by atoms with van der Waals surface area (Å²) in [6.45, 7) is 1.15. The minimum atomic E-state index is -0.365. The summed E-state index contributed by atoms with van der Waals surface area (Å²) in [6, 6.07) is 12.6. The molecule has 0 bridgehead atoms. The highest BCUT2D eigenvalue weighted by molar-refractivity contribution is 7.07. The number of amides is 1. The van der Waals surface area contributed by atoms with E-state index < -0.39 is 0 Å². The van der Waals surface area contributed by atoms with E-state index in [-0.39, 0.29) is 23.9 Å². The van der Waals surface area contributed by atoms with E-state index in [1.165, 1.54) is 35.6 Å². The number of thiazole rings is 1. The number of aromatic nitrogens is 1. The smallest absolute Gasteiger partial charge is 0.270 e. The van der Waals surface area contributed by atoms with Gasteiger partial charge in [0.1, 0.15) is 11.6 Å². The second-order valence-electron chi connectivity index (χ2n) is 6.14. The van der Waals surface area contributed by atoms with E-state index >= 15 is 0 Å². The van der Waals surface area contributed by atoms with Gasteiger partial charge in [-0.1, -0.05) is 23.5 Å². The van der Waals surface area contributed by atoms with Gasteiger partial charge in [0.15, 0.2) is 11.4 Å². The van der Waals surface area contributed by atoms with Crippen LogP contribution in [0.5, 0.6) is 5.75 Å². The van der Waals surface area contributed by atoms with Gasteiger partial charge in [0.05, 0.1) is 11.1 Å². The van der Waals surface area contributed by atoms with E-state index in [1.54, 1.807) is 16.7 Å². The lowest BCUT2D eigenvalue weighted by atomic mass is 10.2. The summed E-state index contributed by atoms with van der Waals surface area (Å²) in [5.74, 6) is -0.172. The normalized spacial score (nSPS) is 13.1. The van der Waals surface area contributed by atoms with E-state index in [2.05, 4.69) is 10.3 Å². The molecule has 1 aliphatic heterocycles. The van der Waals surface area contributed by atoms with Crippen LogP contribution in [0.15, 0.2) is 58.3 Å². The lowest BCUT2D eigenvalue weighted by molar-refractivity contribution is -0.118. The average Bonchev–Trinajstić information content (AvgIpc) is 3.26. The summed E-state index contributed by atoms with van der Waals surface area (Å²) < 4.78 is 20.7. The zero-order valence-corrected chi connectivity index (χ0v) is 15.5. The van der Waals surface area contributed by atoms with Crippen LogP contribution >= 0.6 is 11.3 Å². The second kappa shape index (κ2) is 7.77. The number of halogens is 1. The van der Waals surface area contributed by atoms with Crippen LogP contribution in [0.25, 0.3) is 6.08 Å². The topological polar surface area (TPSA) is 72.7 Å². The van der Waals surface area contributed by atoms with Gasteiger partial charge >= 0.3 is 0 Å². The van der Waals surface area contributed by atoms with Crippen molar-refractivity contribution in [1.82, 2.24) is 4.57 Å².